The molecule has 0 radical (unpaired) electrons. The van der Waals surface area contributed by atoms with E-state index in [9.17, 15) is 4.79 Å². The Labute approximate surface area is 175 Å². The van der Waals surface area contributed by atoms with Crippen LogP contribution in [-0.4, -0.2) is 30.5 Å². The number of aryl methyl sites for hydroxylation is 1. The Morgan fingerprint density at radius 3 is 2.83 bits per heavy atom. The average Bonchev–Trinajstić information content (AvgIpc) is 3.04. The normalized spacial score (nSPS) is 16.9. The number of nitrogens with one attached hydrogen (secondary N) is 1. The Morgan fingerprint density at radius 1 is 1.28 bits per heavy atom. The van der Waals surface area contributed by atoms with Crippen molar-refractivity contribution in [1.82, 2.24) is 10.3 Å². The van der Waals surface area contributed by atoms with Crippen LogP contribution >= 0.6 is 11.3 Å². The van der Waals surface area contributed by atoms with Crippen LogP contribution in [0.4, 0.5) is 11.4 Å². The zero-order valence-corrected chi connectivity index (χ0v) is 17.9. The molecule has 2 aromatic heterocycles. The Morgan fingerprint density at radius 2 is 2.07 bits per heavy atom. The van der Waals surface area contributed by atoms with Crippen molar-refractivity contribution in [2.24, 2.45) is 5.92 Å². The summed E-state index contributed by atoms with van der Waals surface area (Å²) >= 11 is 1.36. The molecule has 3 N–H and O–H groups in total. The lowest BCUT2D eigenvalue weighted by Gasteiger charge is -2.32. The summed E-state index contributed by atoms with van der Waals surface area (Å²) in [5.41, 5.74) is 10.1. The summed E-state index contributed by atoms with van der Waals surface area (Å²) in [6, 6.07) is 12.6. The van der Waals surface area contributed by atoms with Crippen LogP contribution in [0.5, 0.6) is 0 Å². The number of hydrogen-bond donors (Lipinski definition) is 2. The van der Waals surface area contributed by atoms with E-state index in [1.165, 1.54) is 35.4 Å². The number of piperidine rings is 1. The van der Waals surface area contributed by atoms with E-state index in [-0.39, 0.29) is 5.91 Å². The van der Waals surface area contributed by atoms with Crippen molar-refractivity contribution in [3.63, 3.8) is 0 Å². The van der Waals surface area contributed by atoms with Gasteiger partial charge in [-0.3, -0.25) is 4.79 Å². The highest BCUT2D eigenvalue weighted by atomic mass is 32.1. The molecule has 0 unspecified atom stereocenters. The molecule has 0 spiro atoms. The van der Waals surface area contributed by atoms with Crippen LogP contribution in [0.15, 0.2) is 36.4 Å². The largest absolute Gasteiger partial charge is 0.397 e. The summed E-state index contributed by atoms with van der Waals surface area (Å²) in [6.07, 6.45) is 3.39. The first kappa shape index (κ1) is 19.7. The van der Waals surface area contributed by atoms with E-state index in [1.54, 1.807) is 0 Å². The number of carbonyl (C=O) groups excluding carboxylic acids is 1. The lowest BCUT2D eigenvalue weighted by molar-refractivity contribution is 0.0959. The second kappa shape index (κ2) is 8.41. The van der Waals surface area contributed by atoms with Crippen molar-refractivity contribution in [3.05, 3.63) is 52.5 Å². The minimum absolute atomic E-state index is 0.123. The van der Waals surface area contributed by atoms with Crippen LogP contribution in [-0.2, 0) is 6.42 Å². The molecular formula is C23H28N4OS. The number of nitrogens with two attached hydrogens (primary N) is 1. The maximum atomic E-state index is 12.6. The lowest BCUT2D eigenvalue weighted by Crippen LogP contribution is -2.34. The van der Waals surface area contributed by atoms with Crippen molar-refractivity contribution >= 4 is 38.8 Å². The van der Waals surface area contributed by atoms with Gasteiger partial charge in [0, 0.05) is 36.4 Å². The lowest BCUT2D eigenvalue weighted by atomic mass is 9.99. The molecule has 3 aromatic rings. The number of anilines is 2. The first-order valence-electron chi connectivity index (χ1n) is 10.3. The molecule has 1 aliphatic rings. The monoisotopic (exact) mass is 408 g/mol. The second-order valence-electron chi connectivity index (χ2n) is 8.02. The smallest absolute Gasteiger partial charge is 0.263 e. The molecule has 5 nitrogen and oxygen atoms in total. The first-order chi connectivity index (χ1) is 14.0. The summed E-state index contributed by atoms with van der Waals surface area (Å²) in [5.74, 6) is 0.640. The number of carbonyl (C=O) groups is 1. The second-order valence-corrected chi connectivity index (χ2v) is 9.02. The van der Waals surface area contributed by atoms with Gasteiger partial charge in [0.15, 0.2) is 0 Å². The predicted octanol–water partition coefficient (Wildman–Crippen LogP) is 4.40. The number of nitrogens with zero attached hydrogens (tertiary/aromatic N) is 2. The molecule has 29 heavy (non-hydrogen) atoms. The van der Waals surface area contributed by atoms with E-state index < -0.39 is 0 Å². The standard InChI is InChI=1S/C23H28N4OS/c1-15-4-3-13-27(14-15)18-8-6-17(7-9-18)11-12-25-22(28)21-20(24)19-10-5-16(2)26-23(19)29-21/h5-10,15H,3-4,11-14,24H2,1-2H3,(H,25,28)/t15-/m0/s1. The van der Waals surface area contributed by atoms with Gasteiger partial charge in [-0.05, 0) is 61.9 Å². The van der Waals surface area contributed by atoms with E-state index in [1.807, 2.05) is 19.1 Å². The Hall–Kier alpha value is -2.60. The van der Waals surface area contributed by atoms with Gasteiger partial charge in [0.1, 0.15) is 9.71 Å². The van der Waals surface area contributed by atoms with Gasteiger partial charge in [-0.15, -0.1) is 11.3 Å². The maximum absolute atomic E-state index is 12.6. The number of benzene rings is 1. The Bertz CT molecular complexity index is 1010. The molecule has 1 aliphatic heterocycles. The van der Waals surface area contributed by atoms with Crippen molar-refractivity contribution in [1.29, 1.82) is 0 Å². The summed E-state index contributed by atoms with van der Waals surface area (Å²) < 4.78 is 0. The van der Waals surface area contributed by atoms with Gasteiger partial charge in [-0.2, -0.15) is 0 Å². The van der Waals surface area contributed by atoms with Crippen LogP contribution in [0.1, 0.15) is 40.7 Å². The number of hydrogen-bond acceptors (Lipinski definition) is 5. The quantitative estimate of drug-likeness (QED) is 0.657. The third-order valence-corrected chi connectivity index (χ3v) is 6.71. The molecule has 1 saturated heterocycles. The molecule has 1 atom stereocenters. The van der Waals surface area contributed by atoms with Gasteiger partial charge in [-0.25, -0.2) is 4.98 Å². The van der Waals surface area contributed by atoms with Crippen LogP contribution in [0.25, 0.3) is 10.2 Å². The number of fused-ring (bicyclic) bond motifs is 1. The van der Waals surface area contributed by atoms with E-state index in [4.69, 9.17) is 5.73 Å². The first-order valence-corrected chi connectivity index (χ1v) is 11.1. The van der Waals surface area contributed by atoms with E-state index >= 15 is 0 Å². The van der Waals surface area contributed by atoms with E-state index in [0.717, 1.165) is 41.3 Å². The number of thiophene rings is 1. The molecule has 0 saturated carbocycles. The van der Waals surface area contributed by atoms with Crippen LogP contribution in [0, 0.1) is 12.8 Å². The highest BCUT2D eigenvalue weighted by Gasteiger charge is 2.18. The topological polar surface area (TPSA) is 71.2 Å². The summed E-state index contributed by atoms with van der Waals surface area (Å²) in [4.78, 5) is 20.9. The predicted molar refractivity (Wildman–Crippen MR) is 122 cm³/mol. The van der Waals surface area contributed by atoms with Crippen molar-refractivity contribution in [2.45, 2.75) is 33.1 Å². The highest BCUT2D eigenvalue weighted by Crippen LogP contribution is 2.32. The molecule has 1 fully saturated rings. The molecule has 1 amide bonds. The van der Waals surface area contributed by atoms with Crippen LogP contribution in [0.3, 0.4) is 0 Å². The minimum atomic E-state index is -0.123. The number of aromatic nitrogens is 1. The fourth-order valence-corrected chi connectivity index (χ4v) is 5.01. The summed E-state index contributed by atoms with van der Waals surface area (Å²) in [7, 11) is 0. The fraction of sp³-hybridized carbons (Fsp3) is 0.391. The van der Waals surface area contributed by atoms with Gasteiger partial charge < -0.3 is 16.0 Å². The van der Waals surface area contributed by atoms with Gasteiger partial charge in [0.25, 0.3) is 5.91 Å². The Kier molecular flexibility index (Phi) is 5.72. The molecule has 3 heterocycles. The SMILES string of the molecule is Cc1ccc2c(N)c(C(=O)NCCc3ccc(N4CCC[C@H](C)C4)cc3)sc2n1. The molecular weight excluding hydrogens is 380 g/mol. The highest BCUT2D eigenvalue weighted by molar-refractivity contribution is 7.21. The van der Waals surface area contributed by atoms with Crippen molar-refractivity contribution < 1.29 is 4.79 Å². The fourth-order valence-electron chi connectivity index (χ4n) is 3.96. The minimum Gasteiger partial charge on any atom is -0.397 e. The number of nitrogen functional groups attached to an aromatic ring is 1. The molecule has 4 rings (SSSR count). The third-order valence-electron chi connectivity index (χ3n) is 5.60. The van der Waals surface area contributed by atoms with Crippen LogP contribution in [0.2, 0.25) is 0 Å². The number of amides is 1. The van der Waals surface area contributed by atoms with E-state index in [0.29, 0.717) is 17.1 Å². The average molecular weight is 409 g/mol. The molecule has 6 heteroatoms. The van der Waals surface area contributed by atoms with Crippen molar-refractivity contribution in [2.75, 3.05) is 30.3 Å². The molecule has 152 valence electrons. The zero-order chi connectivity index (χ0) is 20.4. The van der Waals surface area contributed by atoms with Gasteiger partial charge in [-0.1, -0.05) is 19.1 Å². The Balaban J connectivity index is 1.34. The van der Waals surface area contributed by atoms with Crippen molar-refractivity contribution in [3.8, 4) is 0 Å². The summed E-state index contributed by atoms with van der Waals surface area (Å²) in [5, 5.41) is 3.86. The van der Waals surface area contributed by atoms with Gasteiger partial charge >= 0.3 is 0 Å². The summed E-state index contributed by atoms with van der Waals surface area (Å²) in [6.45, 7) is 7.13. The molecule has 0 bridgehead atoms. The molecule has 1 aromatic carbocycles. The zero-order valence-electron chi connectivity index (χ0n) is 17.1. The van der Waals surface area contributed by atoms with E-state index in [2.05, 4.69) is 46.4 Å². The molecule has 0 aliphatic carbocycles. The van der Waals surface area contributed by atoms with Gasteiger partial charge in [0.05, 0.1) is 5.69 Å². The maximum Gasteiger partial charge on any atom is 0.263 e. The van der Waals surface area contributed by atoms with Gasteiger partial charge in [0.2, 0.25) is 0 Å². The number of pyridine rings is 1. The third kappa shape index (κ3) is 4.37. The number of rotatable bonds is 5. The van der Waals surface area contributed by atoms with Crippen LogP contribution < -0.4 is 16.0 Å².